The minimum Gasteiger partial charge on any atom is -0.314 e. The van der Waals surface area contributed by atoms with E-state index in [0.717, 1.165) is 30.1 Å². The van der Waals surface area contributed by atoms with Crippen LogP contribution >= 0.6 is 23.2 Å². The van der Waals surface area contributed by atoms with E-state index >= 15 is 0 Å². The van der Waals surface area contributed by atoms with Crippen molar-refractivity contribution in [3.63, 3.8) is 0 Å². The van der Waals surface area contributed by atoms with Crippen LogP contribution in [0.3, 0.4) is 0 Å². The summed E-state index contributed by atoms with van der Waals surface area (Å²) < 4.78 is 0. The number of hydrogen-bond acceptors (Lipinski definition) is 2. The van der Waals surface area contributed by atoms with Gasteiger partial charge in [-0.25, -0.2) is 0 Å². The molecule has 2 aliphatic heterocycles. The van der Waals surface area contributed by atoms with Crippen LogP contribution in [0.25, 0.3) is 0 Å². The van der Waals surface area contributed by atoms with Gasteiger partial charge in [-0.2, -0.15) is 0 Å². The number of likely N-dealkylation sites (tertiary alicyclic amines) is 1. The number of rotatable bonds is 2. The first-order chi connectivity index (χ1) is 6.79. The monoisotopic (exact) mass is 234 g/mol. The Kier molecular flexibility index (Phi) is 3.72. The average Bonchev–Trinajstić information content (AvgIpc) is 2.64. The van der Waals surface area contributed by atoms with Crippen LogP contribution in [0.5, 0.6) is 0 Å². The van der Waals surface area contributed by atoms with Gasteiger partial charge in [0.15, 0.2) is 0 Å². The summed E-state index contributed by atoms with van der Waals surface area (Å²) in [4.78, 5) is 2.40. The molecule has 4 heteroatoms. The van der Waals surface area contributed by atoms with Crippen LogP contribution in [0.1, 0.15) is 12.8 Å². The Morgan fingerprint density at radius 3 is 3.14 bits per heavy atom. The predicted octanol–water partition coefficient (Wildman–Crippen LogP) is 1.99. The summed E-state index contributed by atoms with van der Waals surface area (Å²) in [6.07, 6.45) is 2.56. The van der Waals surface area contributed by atoms with E-state index in [1.54, 1.807) is 0 Å². The lowest BCUT2D eigenvalue weighted by atomic mass is 9.93. The van der Waals surface area contributed by atoms with Gasteiger partial charge < -0.3 is 5.32 Å². The topological polar surface area (TPSA) is 15.3 Å². The first-order valence-electron chi connectivity index (χ1n) is 5.20. The molecule has 2 rings (SSSR count). The number of fused-ring (bicyclic) bond motifs is 1. The highest BCUT2D eigenvalue weighted by atomic mass is 35.5. The van der Waals surface area contributed by atoms with Crippen LogP contribution in [0.4, 0.5) is 0 Å². The van der Waals surface area contributed by atoms with Gasteiger partial charge in [0.1, 0.15) is 0 Å². The zero-order chi connectivity index (χ0) is 9.97. The van der Waals surface area contributed by atoms with Crippen molar-refractivity contribution in [1.82, 2.24) is 10.2 Å². The summed E-state index contributed by atoms with van der Waals surface area (Å²) in [5, 5.41) is 4.29. The van der Waals surface area contributed by atoms with E-state index in [0.29, 0.717) is 0 Å². The molecule has 2 heterocycles. The molecule has 0 amide bonds. The Hall–Kier alpha value is 0.240. The molecule has 0 aromatic rings. The van der Waals surface area contributed by atoms with Crippen LogP contribution in [-0.4, -0.2) is 37.1 Å². The molecule has 2 unspecified atom stereocenters. The van der Waals surface area contributed by atoms with Gasteiger partial charge >= 0.3 is 0 Å². The van der Waals surface area contributed by atoms with E-state index in [9.17, 15) is 0 Å². The Labute approximate surface area is 95.2 Å². The second-order valence-corrected chi connectivity index (χ2v) is 4.89. The minimum absolute atomic E-state index is 0.746. The maximum absolute atomic E-state index is 5.91. The maximum Gasteiger partial charge on any atom is 0.0434 e. The quantitative estimate of drug-likeness (QED) is 0.787. The van der Waals surface area contributed by atoms with Crippen molar-refractivity contribution in [2.24, 2.45) is 5.92 Å². The van der Waals surface area contributed by atoms with Crippen LogP contribution in [-0.2, 0) is 0 Å². The third-order valence-electron chi connectivity index (χ3n) is 3.23. The fourth-order valence-electron chi connectivity index (χ4n) is 2.51. The molecule has 0 aromatic heterocycles. The summed E-state index contributed by atoms with van der Waals surface area (Å²) >= 11 is 11.5. The molecule has 0 radical (unpaired) electrons. The molecular weight excluding hydrogens is 219 g/mol. The smallest absolute Gasteiger partial charge is 0.0434 e. The van der Waals surface area contributed by atoms with Crippen molar-refractivity contribution in [2.45, 2.75) is 18.9 Å². The first kappa shape index (κ1) is 10.7. The van der Waals surface area contributed by atoms with Crippen LogP contribution in [0, 0.1) is 5.92 Å². The highest BCUT2D eigenvalue weighted by Crippen LogP contribution is 2.25. The Morgan fingerprint density at radius 1 is 1.50 bits per heavy atom. The molecule has 0 spiro atoms. The molecule has 2 saturated heterocycles. The second kappa shape index (κ2) is 4.84. The number of nitrogens with zero attached hydrogens (tertiary/aromatic N) is 1. The first-order valence-corrected chi connectivity index (χ1v) is 6.01. The van der Waals surface area contributed by atoms with E-state index in [2.05, 4.69) is 10.2 Å². The highest BCUT2D eigenvalue weighted by Gasteiger charge is 2.32. The summed E-state index contributed by atoms with van der Waals surface area (Å²) in [6.45, 7) is 4.30. The van der Waals surface area contributed by atoms with Gasteiger partial charge in [0.25, 0.3) is 0 Å². The molecule has 1 N–H and O–H groups in total. The fraction of sp³-hybridized carbons (Fsp3) is 0.800. The normalized spacial score (nSPS) is 34.6. The molecule has 2 aliphatic rings. The summed E-state index contributed by atoms with van der Waals surface area (Å²) in [5.41, 5.74) is 1.47. The van der Waals surface area contributed by atoms with Gasteiger partial charge in [0.05, 0.1) is 0 Å². The molecule has 0 saturated carbocycles. The summed E-state index contributed by atoms with van der Waals surface area (Å²) in [6, 6.07) is 0.755. The van der Waals surface area contributed by atoms with E-state index in [1.165, 1.54) is 31.5 Å². The van der Waals surface area contributed by atoms with Crippen molar-refractivity contribution >= 4 is 23.2 Å². The molecule has 0 bridgehead atoms. The highest BCUT2D eigenvalue weighted by molar-refractivity contribution is 6.36. The van der Waals surface area contributed by atoms with Crippen molar-refractivity contribution < 1.29 is 0 Å². The zero-order valence-corrected chi connectivity index (χ0v) is 9.69. The molecule has 0 aromatic carbocycles. The average molecular weight is 235 g/mol. The lowest BCUT2D eigenvalue weighted by Crippen LogP contribution is -2.44. The van der Waals surface area contributed by atoms with E-state index in [-0.39, 0.29) is 0 Å². The minimum atomic E-state index is 0.746. The van der Waals surface area contributed by atoms with Gasteiger partial charge in [-0.3, -0.25) is 4.90 Å². The molecule has 0 aliphatic carbocycles. The Morgan fingerprint density at radius 2 is 2.36 bits per heavy atom. The van der Waals surface area contributed by atoms with Crippen LogP contribution < -0.4 is 5.32 Å². The number of piperidine rings is 1. The van der Waals surface area contributed by atoms with Crippen molar-refractivity contribution in [1.29, 1.82) is 0 Å². The maximum atomic E-state index is 5.91. The summed E-state index contributed by atoms with van der Waals surface area (Å²) in [5.74, 6) is 0.823. The largest absolute Gasteiger partial charge is 0.314 e. The lowest BCUT2D eigenvalue weighted by molar-refractivity contribution is 0.176. The molecule has 80 valence electrons. The van der Waals surface area contributed by atoms with E-state index in [4.69, 9.17) is 23.2 Å². The molecule has 2 atom stereocenters. The lowest BCUT2D eigenvalue weighted by Gasteiger charge is -2.34. The summed E-state index contributed by atoms with van der Waals surface area (Å²) in [7, 11) is 0. The van der Waals surface area contributed by atoms with Gasteiger partial charge in [-0.05, 0) is 25.3 Å². The van der Waals surface area contributed by atoms with Gasteiger partial charge in [0, 0.05) is 36.2 Å². The fourth-order valence-corrected chi connectivity index (χ4v) is 2.75. The number of halogens is 2. The zero-order valence-electron chi connectivity index (χ0n) is 8.18. The predicted molar refractivity (Wildman–Crippen MR) is 60.7 cm³/mol. The van der Waals surface area contributed by atoms with Crippen LogP contribution in [0.2, 0.25) is 0 Å². The molecular formula is C10H16Cl2N2. The number of hydrogen-bond donors (Lipinski definition) is 1. The van der Waals surface area contributed by atoms with Crippen molar-refractivity contribution in [3.05, 3.63) is 10.6 Å². The van der Waals surface area contributed by atoms with Gasteiger partial charge in [0.2, 0.25) is 0 Å². The second-order valence-electron chi connectivity index (χ2n) is 4.19. The Bertz CT molecular complexity index is 230. The van der Waals surface area contributed by atoms with Crippen molar-refractivity contribution in [2.75, 3.05) is 26.2 Å². The third kappa shape index (κ3) is 2.43. The van der Waals surface area contributed by atoms with E-state index in [1.807, 2.05) is 0 Å². The Balaban J connectivity index is 1.85. The van der Waals surface area contributed by atoms with E-state index < -0.39 is 0 Å². The molecule has 2 fully saturated rings. The molecule has 14 heavy (non-hydrogen) atoms. The van der Waals surface area contributed by atoms with Gasteiger partial charge in [-0.15, -0.1) is 0 Å². The number of nitrogens with one attached hydrogen (secondary N) is 1. The standard InChI is InChI=1S/C10H16Cl2N2/c11-5-9(12)7-14-4-2-10-8(6-14)1-3-13-10/h5,8,10,13H,1-4,6-7H2/b9-5+. The van der Waals surface area contributed by atoms with Gasteiger partial charge in [-0.1, -0.05) is 23.2 Å². The SMILES string of the molecule is Cl/C=C(/Cl)CN1CCC2NCCC2C1. The van der Waals surface area contributed by atoms with Crippen molar-refractivity contribution in [3.8, 4) is 0 Å². The molecule has 2 nitrogen and oxygen atoms in total. The van der Waals surface area contributed by atoms with Crippen LogP contribution in [0.15, 0.2) is 10.6 Å². The third-order valence-corrected chi connectivity index (χ3v) is 3.84.